The normalized spacial score (nSPS) is 18.6. The Labute approximate surface area is 88.3 Å². The molecule has 0 saturated carbocycles. The number of hydrogen-bond acceptors (Lipinski definition) is 3. The van der Waals surface area contributed by atoms with Crippen LogP contribution >= 0.6 is 12.2 Å². The second kappa shape index (κ2) is 4.23. The van der Waals surface area contributed by atoms with Gasteiger partial charge in [0.05, 0.1) is 0 Å². The molecule has 0 aromatic carbocycles. The van der Waals surface area contributed by atoms with Gasteiger partial charge in [-0.3, -0.25) is 5.10 Å². The summed E-state index contributed by atoms with van der Waals surface area (Å²) in [6.45, 7) is 3.77. The van der Waals surface area contributed by atoms with Crippen LogP contribution in [-0.4, -0.2) is 28.0 Å². The van der Waals surface area contributed by atoms with Crippen LogP contribution in [0.4, 0.5) is 0 Å². The van der Waals surface area contributed by atoms with Crippen LogP contribution in [0.15, 0.2) is 0 Å². The Morgan fingerprint density at radius 1 is 1.57 bits per heavy atom. The summed E-state index contributed by atoms with van der Waals surface area (Å²) in [4.78, 5) is 0. The predicted octanol–water partition coefficient (Wildman–Crippen LogP) is 1.85. The molecule has 0 atom stereocenters. The molecule has 0 aliphatic carbocycles. The van der Waals surface area contributed by atoms with Crippen LogP contribution in [0.25, 0.3) is 0 Å². The van der Waals surface area contributed by atoms with E-state index in [9.17, 15) is 0 Å². The minimum Gasteiger partial charge on any atom is -0.381 e. The van der Waals surface area contributed by atoms with Gasteiger partial charge in [0.1, 0.15) is 5.82 Å². The molecule has 1 fully saturated rings. The van der Waals surface area contributed by atoms with Crippen LogP contribution in [0.1, 0.15) is 31.6 Å². The molecule has 0 unspecified atom stereocenters. The molecule has 2 heterocycles. The molecular weight excluding hydrogens is 198 g/mol. The maximum atomic E-state index is 5.33. The summed E-state index contributed by atoms with van der Waals surface area (Å²) in [5.41, 5.74) is 0. The molecular formula is C9H15N3OS. The number of aryl methyl sites for hydroxylation is 1. The van der Waals surface area contributed by atoms with Crippen LogP contribution in [0.2, 0.25) is 0 Å². The summed E-state index contributed by atoms with van der Waals surface area (Å²) in [5.74, 6) is 1.06. The number of ether oxygens (including phenoxy) is 1. The van der Waals surface area contributed by atoms with Gasteiger partial charge in [0.25, 0.3) is 0 Å². The van der Waals surface area contributed by atoms with Crippen LogP contribution < -0.4 is 0 Å². The van der Waals surface area contributed by atoms with Crippen molar-refractivity contribution in [3.8, 4) is 0 Å². The highest BCUT2D eigenvalue weighted by atomic mass is 32.1. The lowest BCUT2D eigenvalue weighted by atomic mass is 10.1. The Hall–Kier alpha value is -0.680. The second-order valence-corrected chi connectivity index (χ2v) is 3.90. The van der Waals surface area contributed by atoms with E-state index in [2.05, 4.69) is 21.7 Å². The first-order valence-corrected chi connectivity index (χ1v) is 5.47. The van der Waals surface area contributed by atoms with Gasteiger partial charge >= 0.3 is 0 Å². The van der Waals surface area contributed by atoms with Crippen molar-refractivity contribution in [3.63, 3.8) is 0 Å². The van der Waals surface area contributed by atoms with E-state index in [4.69, 9.17) is 17.0 Å². The molecule has 1 aliphatic rings. The van der Waals surface area contributed by atoms with Gasteiger partial charge in [-0.05, 0) is 25.1 Å². The molecule has 0 amide bonds. The largest absolute Gasteiger partial charge is 0.381 e. The molecule has 4 nitrogen and oxygen atoms in total. The van der Waals surface area contributed by atoms with Gasteiger partial charge in [0, 0.05) is 25.7 Å². The van der Waals surface area contributed by atoms with E-state index in [1.165, 1.54) is 0 Å². The zero-order valence-corrected chi connectivity index (χ0v) is 9.14. The van der Waals surface area contributed by atoms with Crippen molar-refractivity contribution in [3.05, 3.63) is 10.6 Å². The number of nitrogens with zero attached hydrogens (tertiary/aromatic N) is 2. The van der Waals surface area contributed by atoms with Crippen molar-refractivity contribution in [2.45, 2.75) is 32.2 Å². The second-order valence-electron chi connectivity index (χ2n) is 3.51. The van der Waals surface area contributed by atoms with Crippen molar-refractivity contribution < 1.29 is 4.74 Å². The van der Waals surface area contributed by atoms with E-state index in [0.717, 1.165) is 43.1 Å². The van der Waals surface area contributed by atoms with Crippen molar-refractivity contribution in [1.29, 1.82) is 0 Å². The van der Waals surface area contributed by atoms with Gasteiger partial charge in [-0.25, -0.2) is 0 Å². The number of H-pyrrole nitrogens is 1. The maximum absolute atomic E-state index is 5.33. The monoisotopic (exact) mass is 213 g/mol. The van der Waals surface area contributed by atoms with Gasteiger partial charge < -0.3 is 9.30 Å². The molecule has 2 rings (SSSR count). The highest BCUT2D eigenvalue weighted by molar-refractivity contribution is 7.71. The Morgan fingerprint density at radius 2 is 2.29 bits per heavy atom. The Bertz CT molecular complexity index is 351. The number of aromatic nitrogens is 3. The molecule has 1 N–H and O–H groups in total. The van der Waals surface area contributed by atoms with Gasteiger partial charge in [-0.1, -0.05) is 6.92 Å². The Balaban J connectivity index is 2.28. The van der Waals surface area contributed by atoms with Crippen LogP contribution in [0, 0.1) is 4.77 Å². The molecule has 1 aromatic rings. The summed E-state index contributed by atoms with van der Waals surface area (Å²) in [6.07, 6.45) is 3.01. The number of hydrogen-bond donors (Lipinski definition) is 1. The number of rotatable bonds is 2. The van der Waals surface area contributed by atoms with Gasteiger partial charge in [-0.2, -0.15) is 5.10 Å². The molecule has 1 aromatic heterocycles. The third kappa shape index (κ3) is 1.74. The fourth-order valence-electron chi connectivity index (χ4n) is 1.91. The fraction of sp³-hybridized carbons (Fsp3) is 0.778. The molecule has 78 valence electrons. The van der Waals surface area contributed by atoms with Crippen LogP contribution in [0.3, 0.4) is 0 Å². The minimum atomic E-state index is 0.477. The first-order valence-electron chi connectivity index (χ1n) is 5.06. The lowest BCUT2D eigenvalue weighted by Gasteiger charge is -2.24. The predicted molar refractivity (Wildman–Crippen MR) is 55.9 cm³/mol. The SMILES string of the molecule is CCc1n[nH]c(=S)n1C1CCOCC1. The van der Waals surface area contributed by atoms with E-state index in [1.54, 1.807) is 0 Å². The zero-order chi connectivity index (χ0) is 9.97. The summed E-state index contributed by atoms with van der Waals surface area (Å²) < 4.78 is 8.23. The van der Waals surface area contributed by atoms with Crippen molar-refractivity contribution in [2.75, 3.05) is 13.2 Å². The van der Waals surface area contributed by atoms with E-state index in [0.29, 0.717) is 6.04 Å². The van der Waals surface area contributed by atoms with E-state index in [1.807, 2.05) is 0 Å². The minimum absolute atomic E-state index is 0.477. The highest BCUT2D eigenvalue weighted by Gasteiger charge is 2.18. The topological polar surface area (TPSA) is 42.8 Å². The van der Waals surface area contributed by atoms with Gasteiger partial charge in [0.2, 0.25) is 0 Å². The lowest BCUT2D eigenvalue weighted by Crippen LogP contribution is -2.21. The van der Waals surface area contributed by atoms with Crippen molar-refractivity contribution in [2.24, 2.45) is 0 Å². The molecule has 5 heteroatoms. The maximum Gasteiger partial charge on any atom is 0.195 e. The molecule has 1 aliphatic heterocycles. The lowest BCUT2D eigenvalue weighted by molar-refractivity contribution is 0.0684. The quantitative estimate of drug-likeness (QED) is 0.762. The zero-order valence-electron chi connectivity index (χ0n) is 8.32. The molecule has 14 heavy (non-hydrogen) atoms. The molecule has 0 bridgehead atoms. The van der Waals surface area contributed by atoms with Gasteiger partial charge in [-0.15, -0.1) is 0 Å². The number of nitrogens with one attached hydrogen (secondary N) is 1. The van der Waals surface area contributed by atoms with Crippen molar-refractivity contribution >= 4 is 12.2 Å². The molecule has 0 spiro atoms. The third-order valence-electron chi connectivity index (χ3n) is 2.65. The first kappa shape index (κ1) is 9.86. The van der Waals surface area contributed by atoms with Gasteiger partial charge in [0.15, 0.2) is 4.77 Å². The fourth-order valence-corrected chi connectivity index (χ4v) is 2.21. The summed E-state index contributed by atoms with van der Waals surface area (Å²) in [6, 6.07) is 0.477. The van der Waals surface area contributed by atoms with Crippen molar-refractivity contribution in [1.82, 2.24) is 14.8 Å². The summed E-state index contributed by atoms with van der Waals surface area (Å²) in [5, 5.41) is 7.07. The first-order chi connectivity index (χ1) is 6.83. The summed E-state index contributed by atoms with van der Waals surface area (Å²) in [7, 11) is 0. The average molecular weight is 213 g/mol. The smallest absolute Gasteiger partial charge is 0.195 e. The molecule has 0 radical (unpaired) electrons. The van der Waals surface area contributed by atoms with E-state index in [-0.39, 0.29) is 0 Å². The third-order valence-corrected chi connectivity index (χ3v) is 2.94. The average Bonchev–Trinajstić information content (AvgIpc) is 2.61. The molecule has 1 saturated heterocycles. The highest BCUT2D eigenvalue weighted by Crippen LogP contribution is 2.22. The van der Waals surface area contributed by atoms with E-state index < -0.39 is 0 Å². The standard InChI is InChI=1S/C9H15N3OS/c1-2-8-10-11-9(14)12(8)7-3-5-13-6-4-7/h7H,2-6H2,1H3,(H,11,14). The Kier molecular flexibility index (Phi) is 2.98. The van der Waals surface area contributed by atoms with Crippen LogP contribution in [0.5, 0.6) is 0 Å². The van der Waals surface area contributed by atoms with Crippen LogP contribution in [-0.2, 0) is 11.2 Å². The summed E-state index contributed by atoms with van der Waals surface area (Å²) >= 11 is 5.22. The van der Waals surface area contributed by atoms with E-state index >= 15 is 0 Å². The Morgan fingerprint density at radius 3 is 2.93 bits per heavy atom. The number of aromatic amines is 1.